The van der Waals surface area contributed by atoms with Crippen molar-refractivity contribution in [2.75, 3.05) is 26.7 Å². The molecule has 1 atom stereocenters. The Hall–Kier alpha value is -1.06. The van der Waals surface area contributed by atoms with Crippen LogP contribution < -0.4 is 4.74 Å². The van der Waals surface area contributed by atoms with Gasteiger partial charge in [0.25, 0.3) is 0 Å². The Bertz CT molecular complexity index is 365. The fraction of sp³-hybridized carbons (Fsp3) is 0.538. The van der Waals surface area contributed by atoms with Crippen LogP contribution >= 0.6 is 0 Å². The van der Waals surface area contributed by atoms with Crippen LogP contribution in [0.25, 0.3) is 0 Å². The van der Waals surface area contributed by atoms with Gasteiger partial charge in [0, 0.05) is 19.5 Å². The number of aryl methyl sites for hydroxylation is 1. The van der Waals surface area contributed by atoms with Crippen molar-refractivity contribution in [3.8, 4) is 5.75 Å². The van der Waals surface area contributed by atoms with E-state index in [2.05, 4.69) is 30.0 Å². The van der Waals surface area contributed by atoms with Gasteiger partial charge in [0.15, 0.2) is 0 Å². The van der Waals surface area contributed by atoms with Crippen LogP contribution in [0.1, 0.15) is 11.1 Å². The van der Waals surface area contributed by atoms with Gasteiger partial charge in [0.1, 0.15) is 11.9 Å². The first-order valence-corrected chi connectivity index (χ1v) is 5.74. The molecule has 0 spiro atoms. The average molecular weight is 221 g/mol. The molecule has 0 saturated carbocycles. The van der Waals surface area contributed by atoms with Crippen LogP contribution in [0.2, 0.25) is 0 Å². The van der Waals surface area contributed by atoms with Gasteiger partial charge in [-0.2, -0.15) is 0 Å². The maximum Gasteiger partial charge on any atom is 0.123 e. The van der Waals surface area contributed by atoms with Crippen molar-refractivity contribution >= 4 is 0 Å². The van der Waals surface area contributed by atoms with Crippen molar-refractivity contribution in [1.29, 1.82) is 0 Å². The number of aliphatic hydroxyl groups is 1. The van der Waals surface area contributed by atoms with Crippen LogP contribution in [0, 0.1) is 6.92 Å². The Kier molecular flexibility index (Phi) is 3.46. The molecule has 0 bridgehead atoms. The summed E-state index contributed by atoms with van der Waals surface area (Å²) in [5.41, 5.74) is 2.59. The normalized spacial score (nSPS) is 18.6. The van der Waals surface area contributed by atoms with E-state index in [9.17, 15) is 0 Å². The van der Waals surface area contributed by atoms with Crippen LogP contribution in [-0.2, 0) is 6.42 Å². The Morgan fingerprint density at radius 2 is 2.31 bits per heavy atom. The summed E-state index contributed by atoms with van der Waals surface area (Å²) < 4.78 is 5.86. The second kappa shape index (κ2) is 4.85. The molecule has 1 unspecified atom stereocenters. The van der Waals surface area contributed by atoms with Gasteiger partial charge in [-0.1, -0.05) is 17.7 Å². The fourth-order valence-electron chi connectivity index (χ4n) is 2.16. The molecule has 2 rings (SSSR count). The molecule has 88 valence electrons. The van der Waals surface area contributed by atoms with Gasteiger partial charge in [0.2, 0.25) is 0 Å². The van der Waals surface area contributed by atoms with E-state index in [1.807, 2.05) is 7.05 Å². The zero-order valence-corrected chi connectivity index (χ0v) is 9.94. The SMILES string of the molecule is Cc1ccc2c(c1)CC(CN(C)CCO)O2. The molecule has 0 aromatic heterocycles. The third-order valence-corrected chi connectivity index (χ3v) is 2.95. The first-order valence-electron chi connectivity index (χ1n) is 5.74. The lowest BCUT2D eigenvalue weighted by molar-refractivity contribution is 0.148. The summed E-state index contributed by atoms with van der Waals surface area (Å²) in [6.07, 6.45) is 1.21. The molecular formula is C13H19NO2. The second-order valence-electron chi connectivity index (χ2n) is 4.54. The summed E-state index contributed by atoms with van der Waals surface area (Å²) in [6.45, 7) is 3.88. The topological polar surface area (TPSA) is 32.7 Å². The van der Waals surface area contributed by atoms with Gasteiger partial charge in [-0.25, -0.2) is 0 Å². The quantitative estimate of drug-likeness (QED) is 0.830. The molecule has 1 aromatic carbocycles. The van der Waals surface area contributed by atoms with E-state index in [0.717, 1.165) is 18.7 Å². The molecule has 1 aliphatic rings. The molecular weight excluding hydrogens is 202 g/mol. The monoisotopic (exact) mass is 221 g/mol. The highest BCUT2D eigenvalue weighted by molar-refractivity contribution is 5.40. The number of likely N-dealkylation sites (N-methyl/N-ethyl adjacent to an activating group) is 1. The summed E-state index contributed by atoms with van der Waals surface area (Å²) in [7, 11) is 2.01. The molecule has 1 heterocycles. The van der Waals surface area contributed by atoms with E-state index in [4.69, 9.17) is 9.84 Å². The molecule has 1 aliphatic heterocycles. The number of fused-ring (bicyclic) bond motifs is 1. The fourth-order valence-corrected chi connectivity index (χ4v) is 2.16. The highest BCUT2D eigenvalue weighted by Gasteiger charge is 2.23. The minimum absolute atomic E-state index is 0.204. The van der Waals surface area contributed by atoms with E-state index in [-0.39, 0.29) is 12.7 Å². The number of rotatable bonds is 4. The van der Waals surface area contributed by atoms with Crippen molar-refractivity contribution in [2.24, 2.45) is 0 Å². The zero-order chi connectivity index (χ0) is 11.5. The molecule has 0 aliphatic carbocycles. The molecule has 3 nitrogen and oxygen atoms in total. The Morgan fingerprint density at radius 3 is 3.06 bits per heavy atom. The van der Waals surface area contributed by atoms with E-state index >= 15 is 0 Å². The van der Waals surface area contributed by atoms with Crippen molar-refractivity contribution < 1.29 is 9.84 Å². The lowest BCUT2D eigenvalue weighted by atomic mass is 10.1. The molecule has 0 radical (unpaired) electrons. The lowest BCUT2D eigenvalue weighted by Crippen LogP contribution is -2.33. The van der Waals surface area contributed by atoms with Gasteiger partial charge in [-0.05, 0) is 25.6 Å². The van der Waals surface area contributed by atoms with Crippen LogP contribution in [-0.4, -0.2) is 42.9 Å². The van der Waals surface area contributed by atoms with Gasteiger partial charge in [-0.15, -0.1) is 0 Å². The predicted molar refractivity (Wildman–Crippen MR) is 63.9 cm³/mol. The van der Waals surface area contributed by atoms with Crippen molar-refractivity contribution in [1.82, 2.24) is 4.90 Å². The average Bonchev–Trinajstić information content (AvgIpc) is 2.59. The standard InChI is InChI=1S/C13H19NO2/c1-10-3-4-13-11(7-10)8-12(16-13)9-14(2)5-6-15/h3-4,7,12,15H,5-6,8-9H2,1-2H3. The lowest BCUT2D eigenvalue weighted by Gasteiger charge is -2.19. The molecule has 1 aromatic rings. The number of nitrogens with zero attached hydrogens (tertiary/aromatic N) is 1. The first kappa shape index (κ1) is 11.4. The molecule has 0 fully saturated rings. The summed E-state index contributed by atoms with van der Waals surface area (Å²) in [6, 6.07) is 6.33. The number of ether oxygens (including phenoxy) is 1. The zero-order valence-electron chi connectivity index (χ0n) is 9.94. The largest absolute Gasteiger partial charge is 0.488 e. The Labute approximate surface area is 96.6 Å². The van der Waals surface area contributed by atoms with E-state index in [1.165, 1.54) is 11.1 Å². The summed E-state index contributed by atoms with van der Waals surface area (Å²) in [5, 5.41) is 8.84. The van der Waals surface area contributed by atoms with E-state index in [1.54, 1.807) is 0 Å². The van der Waals surface area contributed by atoms with E-state index < -0.39 is 0 Å². The Balaban J connectivity index is 1.95. The number of benzene rings is 1. The third kappa shape index (κ3) is 2.54. The predicted octanol–water partition coefficient (Wildman–Crippen LogP) is 1.22. The van der Waals surface area contributed by atoms with Crippen LogP contribution in [0.5, 0.6) is 5.75 Å². The Morgan fingerprint density at radius 1 is 1.50 bits per heavy atom. The van der Waals surface area contributed by atoms with Gasteiger partial charge in [-0.3, -0.25) is 0 Å². The minimum atomic E-state index is 0.204. The highest BCUT2D eigenvalue weighted by Crippen LogP contribution is 2.29. The number of aliphatic hydroxyl groups excluding tert-OH is 1. The minimum Gasteiger partial charge on any atom is -0.488 e. The summed E-state index contributed by atoms with van der Waals surface area (Å²) >= 11 is 0. The highest BCUT2D eigenvalue weighted by atomic mass is 16.5. The smallest absolute Gasteiger partial charge is 0.123 e. The number of hydrogen-bond acceptors (Lipinski definition) is 3. The van der Waals surface area contributed by atoms with Gasteiger partial charge < -0.3 is 14.7 Å². The van der Waals surface area contributed by atoms with E-state index in [0.29, 0.717) is 6.54 Å². The number of hydrogen-bond donors (Lipinski definition) is 1. The molecule has 0 amide bonds. The second-order valence-corrected chi connectivity index (χ2v) is 4.54. The molecule has 3 heteroatoms. The van der Waals surface area contributed by atoms with Crippen molar-refractivity contribution in [2.45, 2.75) is 19.4 Å². The molecule has 0 saturated heterocycles. The maximum atomic E-state index is 8.84. The first-order chi connectivity index (χ1) is 7.69. The van der Waals surface area contributed by atoms with Gasteiger partial charge >= 0.3 is 0 Å². The molecule has 1 N–H and O–H groups in total. The summed E-state index contributed by atoms with van der Waals surface area (Å²) in [4.78, 5) is 2.10. The van der Waals surface area contributed by atoms with Crippen molar-refractivity contribution in [3.05, 3.63) is 29.3 Å². The van der Waals surface area contributed by atoms with Crippen LogP contribution in [0.4, 0.5) is 0 Å². The third-order valence-electron chi connectivity index (χ3n) is 2.95. The van der Waals surface area contributed by atoms with Crippen LogP contribution in [0.15, 0.2) is 18.2 Å². The molecule has 16 heavy (non-hydrogen) atoms. The summed E-state index contributed by atoms with van der Waals surface area (Å²) in [5.74, 6) is 1.02. The van der Waals surface area contributed by atoms with Crippen LogP contribution in [0.3, 0.4) is 0 Å². The van der Waals surface area contributed by atoms with Crippen molar-refractivity contribution in [3.63, 3.8) is 0 Å². The van der Waals surface area contributed by atoms with Gasteiger partial charge in [0.05, 0.1) is 6.61 Å². The maximum absolute atomic E-state index is 8.84.